The van der Waals surface area contributed by atoms with Gasteiger partial charge in [0.25, 0.3) is 0 Å². The van der Waals surface area contributed by atoms with Gasteiger partial charge in [-0.1, -0.05) is 141 Å². The summed E-state index contributed by atoms with van der Waals surface area (Å²) in [7, 11) is 5.89. The molecule has 0 aliphatic rings. The molecule has 0 aromatic rings. The van der Waals surface area contributed by atoms with E-state index in [0.717, 1.165) is 57.9 Å². The number of quaternary nitrogens is 1. The van der Waals surface area contributed by atoms with Crippen LogP contribution in [0.1, 0.15) is 194 Å². The van der Waals surface area contributed by atoms with E-state index >= 15 is 0 Å². The van der Waals surface area contributed by atoms with Crippen molar-refractivity contribution in [2.75, 3.05) is 47.5 Å². The third-order valence-corrected chi connectivity index (χ3v) is 9.61. The number of hydrogen-bond acceptors (Lipinski definition) is 5. The van der Waals surface area contributed by atoms with E-state index in [1.54, 1.807) is 7.11 Å². The van der Waals surface area contributed by atoms with Gasteiger partial charge in [0.05, 0.1) is 20.7 Å². The van der Waals surface area contributed by atoms with Gasteiger partial charge in [-0.2, -0.15) is 0 Å². The molecule has 0 saturated heterocycles. The molecule has 0 spiro atoms. The molecule has 302 valence electrons. The molecule has 0 aliphatic heterocycles. The summed E-state index contributed by atoms with van der Waals surface area (Å²) in [5.74, 6) is -0.379. The van der Waals surface area contributed by atoms with Gasteiger partial charge in [0.1, 0.15) is 19.7 Å². The Kier molecular flexibility index (Phi) is 41.2. The summed E-state index contributed by atoms with van der Waals surface area (Å²) in [5.41, 5.74) is 0. The molecule has 0 saturated carbocycles. The number of carbonyl (C=O) groups is 2. The van der Waals surface area contributed by atoms with E-state index in [2.05, 4.69) is 52.2 Å². The number of methoxy groups -OCH3 is 1. The Bertz CT molecular complexity index is 815. The number of esters is 2. The molecule has 0 fully saturated rings. The molecule has 51 heavy (non-hydrogen) atoms. The molecule has 1 unspecified atom stereocenters. The predicted octanol–water partition coefficient (Wildman–Crippen LogP) is 9.24. The van der Waals surface area contributed by atoms with Crippen molar-refractivity contribution in [2.45, 2.75) is 200 Å². The number of unbranched alkanes of at least 4 members (excludes halogenated alkanes) is 22. The van der Waals surface area contributed by atoms with Gasteiger partial charge >= 0.3 is 11.9 Å². The standard InChI is InChI=1S/C44H84NO5.HI/c1-6-8-10-12-14-16-18-20-22-24-26-28-30-32-34-36-43(46)49-41-42(40-45(3,4)38-39-48-5)50-44(47)37-35-33-31-29-27-25-23-21-19-17-15-13-11-9-7-2;/h20-23,42H,6-19,24-41H2,1-5H3;1H/q+1;/p-1/b22-20+,23-21+;. The van der Waals surface area contributed by atoms with E-state index in [1.807, 2.05) is 0 Å². The summed E-state index contributed by atoms with van der Waals surface area (Å²) >= 11 is 0. The number of halogens is 1. The molecule has 0 radical (unpaired) electrons. The van der Waals surface area contributed by atoms with Gasteiger partial charge in [-0.3, -0.25) is 9.59 Å². The molecule has 7 heteroatoms. The van der Waals surface area contributed by atoms with Crippen LogP contribution in [0.25, 0.3) is 0 Å². The van der Waals surface area contributed by atoms with Gasteiger partial charge in [-0.05, 0) is 64.2 Å². The molecule has 6 nitrogen and oxygen atoms in total. The zero-order valence-electron chi connectivity index (χ0n) is 34.4. The Morgan fingerprint density at radius 2 is 0.922 bits per heavy atom. The maximum atomic E-state index is 12.8. The highest BCUT2D eigenvalue weighted by Crippen LogP contribution is 2.14. The molecule has 0 bridgehead atoms. The van der Waals surface area contributed by atoms with Crippen LogP contribution < -0.4 is 24.0 Å². The lowest BCUT2D eigenvalue weighted by atomic mass is 10.1. The molecule has 1 atom stereocenters. The van der Waals surface area contributed by atoms with Crippen molar-refractivity contribution in [2.24, 2.45) is 0 Å². The van der Waals surface area contributed by atoms with E-state index in [0.29, 0.717) is 30.5 Å². The van der Waals surface area contributed by atoms with Crippen molar-refractivity contribution in [1.82, 2.24) is 0 Å². The second kappa shape index (κ2) is 40.3. The first-order chi connectivity index (χ1) is 24.3. The monoisotopic (exact) mass is 834 g/mol. The minimum absolute atomic E-state index is 0. The lowest BCUT2D eigenvalue weighted by Gasteiger charge is -2.32. The van der Waals surface area contributed by atoms with E-state index in [-0.39, 0.29) is 42.5 Å². The highest BCUT2D eigenvalue weighted by Gasteiger charge is 2.26. The van der Waals surface area contributed by atoms with Gasteiger partial charge in [0.2, 0.25) is 0 Å². The first-order valence-electron chi connectivity index (χ1n) is 21.3. The molecular weight excluding hydrogens is 749 g/mol. The minimum Gasteiger partial charge on any atom is -1.00 e. The Balaban J connectivity index is 0. The average molecular weight is 834 g/mol. The Hall–Kier alpha value is -0.930. The number of likely N-dealkylation sites (N-methyl/N-ethyl adjacent to an activating group) is 1. The summed E-state index contributed by atoms with van der Waals surface area (Å²) in [6, 6.07) is 0. The lowest BCUT2D eigenvalue weighted by molar-refractivity contribution is -0.893. The highest BCUT2D eigenvalue weighted by atomic mass is 127. The van der Waals surface area contributed by atoms with Gasteiger partial charge in [0, 0.05) is 20.0 Å². The molecule has 0 aliphatic carbocycles. The lowest BCUT2D eigenvalue weighted by Crippen LogP contribution is -3.00. The van der Waals surface area contributed by atoms with Crippen LogP contribution in [0.3, 0.4) is 0 Å². The number of hydrogen-bond donors (Lipinski definition) is 0. The minimum atomic E-state index is -0.449. The van der Waals surface area contributed by atoms with Crippen LogP contribution in [0.15, 0.2) is 24.3 Å². The second-order valence-corrected chi connectivity index (χ2v) is 15.3. The molecule has 0 aromatic carbocycles. The van der Waals surface area contributed by atoms with Crippen LogP contribution in [0, 0.1) is 0 Å². The molecule has 0 rings (SSSR count). The summed E-state index contributed by atoms with van der Waals surface area (Å²) < 4.78 is 17.4. The maximum absolute atomic E-state index is 12.8. The van der Waals surface area contributed by atoms with E-state index in [1.165, 1.54) is 116 Å². The fraction of sp³-hybridized carbons (Fsp3) is 0.864. The SMILES string of the molecule is CCCCCCCC/C=C/CCCCCCCC(=O)OCC(C[N+](C)(C)CCOC)OC(=O)CCCCCCC/C=C/CCCCCCCC.[I-]. The zero-order chi connectivity index (χ0) is 36.8. The van der Waals surface area contributed by atoms with Crippen LogP contribution in [0.2, 0.25) is 0 Å². The number of ether oxygens (including phenoxy) is 3. The first-order valence-corrected chi connectivity index (χ1v) is 21.3. The van der Waals surface area contributed by atoms with Gasteiger partial charge in [-0.25, -0.2) is 0 Å². The maximum Gasteiger partial charge on any atom is 0.306 e. The topological polar surface area (TPSA) is 61.8 Å². The van der Waals surface area contributed by atoms with Crippen molar-refractivity contribution >= 4 is 11.9 Å². The molecular formula is C44H84INO5. The van der Waals surface area contributed by atoms with Gasteiger partial charge in [0.15, 0.2) is 6.10 Å². The quantitative estimate of drug-likeness (QED) is 0.0204. The van der Waals surface area contributed by atoms with Gasteiger partial charge in [-0.15, -0.1) is 0 Å². The third-order valence-electron chi connectivity index (χ3n) is 9.61. The summed E-state index contributed by atoms with van der Waals surface area (Å²) in [4.78, 5) is 25.3. The summed E-state index contributed by atoms with van der Waals surface area (Å²) in [6.45, 7) is 6.66. The van der Waals surface area contributed by atoms with E-state index in [4.69, 9.17) is 14.2 Å². The van der Waals surface area contributed by atoms with Crippen LogP contribution in [0.4, 0.5) is 0 Å². The van der Waals surface area contributed by atoms with Crippen molar-refractivity contribution in [3.8, 4) is 0 Å². The predicted molar refractivity (Wildman–Crippen MR) is 213 cm³/mol. The summed E-state index contributed by atoms with van der Waals surface area (Å²) in [6.07, 6.45) is 41.8. The van der Waals surface area contributed by atoms with E-state index in [9.17, 15) is 9.59 Å². The number of allylic oxidation sites excluding steroid dienone is 4. The fourth-order valence-electron chi connectivity index (χ4n) is 6.29. The average Bonchev–Trinajstić information content (AvgIpc) is 3.09. The van der Waals surface area contributed by atoms with Crippen LogP contribution >= 0.6 is 0 Å². The van der Waals surface area contributed by atoms with Crippen molar-refractivity contribution in [3.63, 3.8) is 0 Å². The Labute approximate surface area is 334 Å². The van der Waals surface area contributed by atoms with Crippen LogP contribution in [-0.2, 0) is 23.8 Å². The van der Waals surface area contributed by atoms with E-state index < -0.39 is 6.10 Å². The van der Waals surface area contributed by atoms with Crippen LogP contribution in [0.5, 0.6) is 0 Å². The Morgan fingerprint density at radius 1 is 0.549 bits per heavy atom. The highest BCUT2D eigenvalue weighted by molar-refractivity contribution is 5.70. The zero-order valence-corrected chi connectivity index (χ0v) is 36.5. The Morgan fingerprint density at radius 3 is 1.33 bits per heavy atom. The molecule has 0 heterocycles. The third kappa shape index (κ3) is 40.1. The van der Waals surface area contributed by atoms with Gasteiger partial charge < -0.3 is 42.7 Å². The number of rotatable bonds is 38. The van der Waals surface area contributed by atoms with Crippen molar-refractivity contribution in [3.05, 3.63) is 24.3 Å². The smallest absolute Gasteiger partial charge is 0.306 e. The molecule has 0 N–H and O–H groups in total. The van der Waals surface area contributed by atoms with Crippen molar-refractivity contribution < 1.29 is 52.3 Å². The number of nitrogens with zero attached hydrogens (tertiary/aromatic N) is 1. The second-order valence-electron chi connectivity index (χ2n) is 15.3. The fourth-order valence-corrected chi connectivity index (χ4v) is 6.29. The normalized spacial score (nSPS) is 12.4. The van der Waals surface area contributed by atoms with Crippen molar-refractivity contribution in [1.29, 1.82) is 0 Å². The molecule has 0 amide bonds. The summed E-state index contributed by atoms with van der Waals surface area (Å²) in [5, 5.41) is 0. The molecule has 0 aromatic heterocycles. The number of carbonyl (C=O) groups excluding carboxylic acids is 2. The van der Waals surface area contributed by atoms with Crippen LogP contribution in [-0.4, -0.2) is 70.0 Å². The first kappa shape index (κ1) is 52.2. The largest absolute Gasteiger partial charge is 1.00 e.